The lowest BCUT2D eigenvalue weighted by Gasteiger charge is -2.16. The molecule has 15 heavy (non-hydrogen) atoms. The monoisotopic (exact) mass is 215 g/mol. The Morgan fingerprint density at radius 3 is 2.53 bits per heavy atom. The Balaban J connectivity index is 3.93. The first-order valence-electron chi connectivity index (χ1n) is 5.20. The van der Waals surface area contributed by atoms with E-state index in [9.17, 15) is 10.1 Å². The van der Waals surface area contributed by atoms with E-state index in [0.717, 1.165) is 25.6 Å². The number of nitro groups is 1. The third-order valence-corrected chi connectivity index (χ3v) is 1.97. The van der Waals surface area contributed by atoms with Gasteiger partial charge in [-0.1, -0.05) is 13.8 Å². The second kappa shape index (κ2) is 7.09. The molecule has 0 aliphatic heterocycles. The predicted molar refractivity (Wildman–Crippen MR) is 60.8 cm³/mol. The van der Waals surface area contributed by atoms with Crippen LogP contribution in [0.5, 0.6) is 0 Å². The molecular weight excluding hydrogens is 194 g/mol. The minimum Gasteiger partial charge on any atom is -0.367 e. The third kappa shape index (κ3) is 7.78. The molecule has 0 unspecified atom stereocenters. The van der Waals surface area contributed by atoms with E-state index in [1.165, 1.54) is 0 Å². The Kier molecular flexibility index (Phi) is 6.49. The molecule has 0 atom stereocenters. The molecule has 0 radical (unpaired) electrons. The lowest BCUT2D eigenvalue weighted by molar-refractivity contribution is -0.404. The van der Waals surface area contributed by atoms with Gasteiger partial charge in [-0.25, -0.2) is 0 Å². The Hall–Kier alpha value is -1.26. The fourth-order valence-corrected chi connectivity index (χ4v) is 1.15. The van der Waals surface area contributed by atoms with Gasteiger partial charge in [0, 0.05) is 20.6 Å². The van der Waals surface area contributed by atoms with Gasteiger partial charge in [0.15, 0.2) is 5.82 Å². The molecule has 5 nitrogen and oxygen atoms in total. The summed E-state index contributed by atoms with van der Waals surface area (Å²) < 4.78 is 0. The van der Waals surface area contributed by atoms with E-state index in [1.54, 1.807) is 19.0 Å². The highest BCUT2D eigenvalue weighted by atomic mass is 16.6. The van der Waals surface area contributed by atoms with E-state index >= 15 is 0 Å². The van der Waals surface area contributed by atoms with Crippen LogP contribution < -0.4 is 5.32 Å². The molecule has 0 fully saturated rings. The van der Waals surface area contributed by atoms with E-state index in [4.69, 9.17) is 0 Å². The molecule has 0 saturated carbocycles. The van der Waals surface area contributed by atoms with Gasteiger partial charge in [-0.3, -0.25) is 10.1 Å². The largest absolute Gasteiger partial charge is 0.367 e. The maximum atomic E-state index is 10.3. The molecule has 0 bridgehead atoms. The first kappa shape index (κ1) is 13.7. The van der Waals surface area contributed by atoms with Crippen molar-refractivity contribution < 1.29 is 4.92 Å². The number of rotatable bonds is 7. The van der Waals surface area contributed by atoms with Crippen LogP contribution in [0.1, 0.15) is 26.7 Å². The summed E-state index contributed by atoms with van der Waals surface area (Å²) in [6.07, 6.45) is 3.15. The summed E-state index contributed by atoms with van der Waals surface area (Å²) in [5.41, 5.74) is 0. The summed E-state index contributed by atoms with van der Waals surface area (Å²) in [5.74, 6) is 1.22. The maximum Gasteiger partial charge on any atom is 0.274 e. The Morgan fingerprint density at radius 2 is 2.13 bits per heavy atom. The van der Waals surface area contributed by atoms with Crippen LogP contribution in [0, 0.1) is 16.0 Å². The molecule has 5 heteroatoms. The number of nitrogens with zero attached hydrogens (tertiary/aromatic N) is 2. The van der Waals surface area contributed by atoms with Crippen LogP contribution in [-0.2, 0) is 0 Å². The van der Waals surface area contributed by atoms with Crippen LogP contribution in [0.15, 0.2) is 12.0 Å². The summed E-state index contributed by atoms with van der Waals surface area (Å²) >= 11 is 0. The Labute approximate surface area is 91.3 Å². The van der Waals surface area contributed by atoms with Crippen molar-refractivity contribution >= 4 is 0 Å². The number of hydrogen-bond donors (Lipinski definition) is 1. The lowest BCUT2D eigenvalue weighted by atomic mass is 10.1. The van der Waals surface area contributed by atoms with E-state index in [1.807, 2.05) is 0 Å². The average Bonchev–Trinajstić information content (AvgIpc) is 2.08. The first-order valence-corrected chi connectivity index (χ1v) is 5.20. The van der Waals surface area contributed by atoms with Crippen LogP contribution in [0.4, 0.5) is 0 Å². The molecule has 0 amide bonds. The zero-order valence-corrected chi connectivity index (χ0v) is 9.99. The minimum absolute atomic E-state index is 0.440. The fraction of sp³-hybridized carbons (Fsp3) is 0.800. The van der Waals surface area contributed by atoms with Gasteiger partial charge in [-0.15, -0.1) is 0 Å². The summed E-state index contributed by atoms with van der Waals surface area (Å²) in [4.78, 5) is 11.6. The van der Waals surface area contributed by atoms with Crippen molar-refractivity contribution in [3.8, 4) is 0 Å². The van der Waals surface area contributed by atoms with E-state index in [0.29, 0.717) is 11.7 Å². The number of nitrogens with one attached hydrogen (secondary N) is 1. The molecule has 88 valence electrons. The van der Waals surface area contributed by atoms with Crippen molar-refractivity contribution in [1.82, 2.24) is 10.2 Å². The molecular formula is C10H21N3O2. The first-order chi connectivity index (χ1) is 6.93. The van der Waals surface area contributed by atoms with Gasteiger partial charge >= 0.3 is 0 Å². The van der Waals surface area contributed by atoms with E-state index < -0.39 is 4.92 Å². The minimum atomic E-state index is -0.440. The summed E-state index contributed by atoms with van der Waals surface area (Å²) in [6, 6.07) is 0. The van der Waals surface area contributed by atoms with Gasteiger partial charge < -0.3 is 10.2 Å². The quantitative estimate of drug-likeness (QED) is 0.398. The van der Waals surface area contributed by atoms with E-state index in [-0.39, 0.29) is 0 Å². The molecule has 0 rings (SSSR count). The highest BCUT2D eigenvalue weighted by molar-refractivity contribution is 4.91. The molecule has 0 aliphatic rings. The molecule has 0 aromatic heterocycles. The van der Waals surface area contributed by atoms with Crippen LogP contribution in [0.3, 0.4) is 0 Å². The molecule has 0 heterocycles. The van der Waals surface area contributed by atoms with Gasteiger partial charge in [0.25, 0.3) is 6.20 Å². The van der Waals surface area contributed by atoms with Gasteiger partial charge in [0.2, 0.25) is 0 Å². The third-order valence-electron chi connectivity index (χ3n) is 1.97. The molecule has 0 aliphatic carbocycles. The van der Waals surface area contributed by atoms with Gasteiger partial charge in [0.05, 0.1) is 4.92 Å². The van der Waals surface area contributed by atoms with Crippen molar-refractivity contribution in [3.05, 3.63) is 22.1 Å². The zero-order chi connectivity index (χ0) is 11.8. The average molecular weight is 215 g/mol. The smallest absolute Gasteiger partial charge is 0.274 e. The molecule has 0 saturated heterocycles. The van der Waals surface area contributed by atoms with Gasteiger partial charge in [-0.05, 0) is 18.8 Å². The highest BCUT2D eigenvalue weighted by Crippen LogP contribution is 2.03. The molecule has 0 aromatic rings. The molecule has 0 spiro atoms. The van der Waals surface area contributed by atoms with Crippen LogP contribution in [0.2, 0.25) is 0 Å². The lowest BCUT2D eigenvalue weighted by Crippen LogP contribution is -2.27. The molecule has 0 aromatic carbocycles. The van der Waals surface area contributed by atoms with Gasteiger partial charge in [-0.2, -0.15) is 0 Å². The van der Waals surface area contributed by atoms with Crippen molar-refractivity contribution in [3.63, 3.8) is 0 Å². The summed E-state index contributed by atoms with van der Waals surface area (Å²) in [6.45, 7) is 5.11. The van der Waals surface area contributed by atoms with Crippen LogP contribution >= 0.6 is 0 Å². The van der Waals surface area contributed by atoms with Crippen molar-refractivity contribution in [2.75, 3.05) is 20.6 Å². The number of hydrogen-bond acceptors (Lipinski definition) is 4. The second-order valence-electron chi connectivity index (χ2n) is 4.16. The van der Waals surface area contributed by atoms with Crippen LogP contribution in [-0.4, -0.2) is 30.5 Å². The van der Waals surface area contributed by atoms with Crippen LogP contribution in [0.25, 0.3) is 0 Å². The van der Waals surface area contributed by atoms with Crippen molar-refractivity contribution in [1.29, 1.82) is 0 Å². The normalized spacial score (nSPS) is 11.7. The zero-order valence-electron chi connectivity index (χ0n) is 9.99. The summed E-state index contributed by atoms with van der Waals surface area (Å²) in [7, 11) is 3.57. The fourth-order valence-electron chi connectivity index (χ4n) is 1.15. The second-order valence-corrected chi connectivity index (χ2v) is 4.16. The van der Waals surface area contributed by atoms with Crippen molar-refractivity contribution in [2.24, 2.45) is 5.92 Å². The topological polar surface area (TPSA) is 58.4 Å². The highest BCUT2D eigenvalue weighted by Gasteiger charge is 2.04. The Morgan fingerprint density at radius 1 is 1.53 bits per heavy atom. The SMILES string of the molecule is CC(C)CCCN/C(=C/[N+](=O)[O-])N(C)C. The Bertz CT molecular complexity index is 225. The summed E-state index contributed by atoms with van der Waals surface area (Å²) in [5, 5.41) is 13.4. The van der Waals surface area contributed by atoms with E-state index in [2.05, 4.69) is 19.2 Å². The van der Waals surface area contributed by atoms with Gasteiger partial charge in [0.1, 0.15) is 0 Å². The molecule has 1 N–H and O–H groups in total. The maximum absolute atomic E-state index is 10.3. The standard InChI is InChI=1S/C10H21N3O2/c1-9(2)6-5-7-11-10(12(3)4)8-13(14)15/h8-9,11H,5-7H2,1-4H3/b10-8-. The predicted octanol–water partition coefficient (Wildman–Crippen LogP) is 1.65. The van der Waals surface area contributed by atoms with Crippen molar-refractivity contribution in [2.45, 2.75) is 26.7 Å².